The maximum absolute atomic E-state index is 4.37. The molecule has 2 aliphatic heterocycles. The third-order valence-corrected chi connectivity index (χ3v) is 5.78. The molecule has 0 unspecified atom stereocenters. The van der Waals surface area contributed by atoms with Gasteiger partial charge in [0.05, 0.1) is 54.4 Å². The van der Waals surface area contributed by atoms with Gasteiger partial charge in [-0.05, 0) is 0 Å². The van der Waals surface area contributed by atoms with Crippen molar-refractivity contribution in [3.8, 4) is 22.5 Å². The van der Waals surface area contributed by atoms with Crippen LogP contribution in [0.5, 0.6) is 0 Å². The molecular weight excluding hydrogens is 380 g/mol. The molecule has 2 aliphatic rings. The molecule has 0 spiro atoms. The number of likely N-dealkylation sites (N-methyl/N-ethyl adjacent to an activating group) is 4. The van der Waals surface area contributed by atoms with Crippen molar-refractivity contribution in [2.45, 2.75) is 0 Å². The Bertz CT molecular complexity index is 1060. The van der Waals surface area contributed by atoms with E-state index in [1.165, 1.54) is 0 Å². The number of hydrogen-bond acceptors (Lipinski definition) is 6. The lowest BCUT2D eigenvalue weighted by molar-refractivity contribution is -0.488. The van der Waals surface area contributed by atoms with Crippen molar-refractivity contribution in [2.24, 2.45) is 0 Å². The Morgan fingerprint density at radius 1 is 0.700 bits per heavy atom. The molecule has 1 aromatic carbocycles. The van der Waals surface area contributed by atoms with E-state index in [9.17, 15) is 0 Å². The minimum absolute atomic E-state index is 0.844. The van der Waals surface area contributed by atoms with Crippen molar-refractivity contribution in [3.63, 3.8) is 0 Å². The predicted octanol–water partition coefficient (Wildman–Crippen LogP) is -0.213. The van der Waals surface area contributed by atoms with Crippen molar-refractivity contribution in [1.29, 1.82) is 0 Å². The highest BCUT2D eigenvalue weighted by molar-refractivity contribution is 5.79. The Kier molecular flexibility index (Phi) is 4.34. The van der Waals surface area contributed by atoms with Gasteiger partial charge in [0.1, 0.15) is 23.8 Å². The normalized spacial score (nSPS) is 17.1. The van der Waals surface area contributed by atoms with E-state index in [-0.39, 0.29) is 0 Å². The zero-order valence-electron chi connectivity index (χ0n) is 17.8. The van der Waals surface area contributed by atoms with E-state index >= 15 is 0 Å². The molecule has 0 aliphatic carbocycles. The molecule has 0 fully saturated rings. The molecule has 5 rings (SSSR count). The van der Waals surface area contributed by atoms with Gasteiger partial charge in [0.2, 0.25) is 0 Å². The molecule has 10 nitrogen and oxygen atoms in total. The van der Waals surface area contributed by atoms with Crippen LogP contribution in [0.4, 0.5) is 0 Å². The molecule has 0 saturated heterocycles. The number of aromatic nitrogens is 6. The third-order valence-electron chi connectivity index (χ3n) is 5.78. The lowest BCUT2D eigenvalue weighted by Gasteiger charge is -2.04. The zero-order valence-corrected chi connectivity index (χ0v) is 17.8. The van der Waals surface area contributed by atoms with Crippen molar-refractivity contribution >= 4 is 11.9 Å². The first-order valence-corrected chi connectivity index (χ1v) is 10.1. The molecule has 3 aromatic rings. The van der Waals surface area contributed by atoms with E-state index < -0.39 is 0 Å². The summed E-state index contributed by atoms with van der Waals surface area (Å²) >= 11 is 0. The Morgan fingerprint density at radius 2 is 1.10 bits per heavy atom. The summed E-state index contributed by atoms with van der Waals surface area (Å²) in [6.07, 6.45) is 3.95. The molecule has 0 atom stereocenters. The monoisotopic (exact) mass is 406 g/mol. The van der Waals surface area contributed by atoms with Crippen molar-refractivity contribution in [3.05, 3.63) is 36.7 Å². The largest absolute Gasteiger partial charge is 0.380 e. The summed E-state index contributed by atoms with van der Waals surface area (Å²) in [4.78, 5) is 4.37. The van der Waals surface area contributed by atoms with Crippen LogP contribution in [0.2, 0.25) is 0 Å². The average molecular weight is 406 g/mol. The van der Waals surface area contributed by atoms with Crippen molar-refractivity contribution < 1.29 is 9.15 Å². The molecule has 10 heteroatoms. The maximum Gasteiger partial charge on any atom is 0.380 e. The fraction of sp³-hybridized carbons (Fsp3) is 0.400. The molecule has 0 saturated carbocycles. The molecule has 0 radical (unpaired) electrons. The second kappa shape index (κ2) is 7.05. The highest BCUT2D eigenvalue weighted by atomic mass is 15.5. The van der Waals surface area contributed by atoms with Crippen LogP contribution >= 0.6 is 0 Å². The Balaban J connectivity index is 1.38. The van der Waals surface area contributed by atoms with Gasteiger partial charge in [0, 0.05) is 21.6 Å². The molecule has 2 aromatic heterocycles. The van der Waals surface area contributed by atoms with E-state index in [0.717, 1.165) is 60.6 Å². The topological polar surface area (TPSA) is 73.9 Å². The fourth-order valence-electron chi connectivity index (χ4n) is 4.08. The quantitative estimate of drug-likeness (QED) is 0.548. The van der Waals surface area contributed by atoms with Gasteiger partial charge in [0.15, 0.2) is 0 Å². The van der Waals surface area contributed by atoms with Crippen LogP contribution in [0.1, 0.15) is 0 Å². The van der Waals surface area contributed by atoms with Crippen LogP contribution in [0.15, 0.2) is 36.7 Å². The summed E-state index contributed by atoms with van der Waals surface area (Å²) in [5.74, 6) is 2.09. The molecule has 0 amide bonds. The lowest BCUT2D eigenvalue weighted by atomic mass is 10.1. The highest BCUT2D eigenvalue weighted by Crippen LogP contribution is 2.22. The average Bonchev–Trinajstić information content (AvgIpc) is 3.51. The number of rotatable bonds is 2. The number of nitrogens with zero attached hydrogens (tertiary/aromatic N) is 10. The van der Waals surface area contributed by atoms with Crippen LogP contribution in [0.3, 0.4) is 0 Å². The third kappa shape index (κ3) is 3.04. The van der Waals surface area contributed by atoms with Crippen molar-refractivity contribution in [1.82, 2.24) is 39.8 Å². The first kappa shape index (κ1) is 18.5. The molecule has 30 heavy (non-hydrogen) atoms. The van der Waals surface area contributed by atoms with E-state index in [0.29, 0.717) is 0 Å². The Morgan fingerprint density at radius 3 is 1.43 bits per heavy atom. The number of benzene rings is 1. The highest BCUT2D eigenvalue weighted by Gasteiger charge is 2.29. The van der Waals surface area contributed by atoms with Crippen LogP contribution in [0, 0.1) is 0 Å². The van der Waals surface area contributed by atoms with Gasteiger partial charge >= 0.3 is 11.9 Å². The van der Waals surface area contributed by atoms with Crippen LogP contribution in [0.25, 0.3) is 22.5 Å². The minimum Gasteiger partial charge on any atom is -0.262 e. The second-order valence-electron chi connectivity index (χ2n) is 7.96. The fourth-order valence-corrected chi connectivity index (χ4v) is 4.08. The number of hydrogen-bond donors (Lipinski definition) is 0. The Hall–Kier alpha value is -3.56. The van der Waals surface area contributed by atoms with Crippen LogP contribution in [-0.4, -0.2) is 115 Å². The smallest absolute Gasteiger partial charge is 0.262 e. The first-order valence-electron chi connectivity index (χ1n) is 10.1. The van der Waals surface area contributed by atoms with E-state index in [1.807, 2.05) is 21.8 Å². The van der Waals surface area contributed by atoms with Gasteiger partial charge in [-0.15, -0.1) is 10.2 Å². The standard InChI is InChI=1S/C20H26N10/c1-25-9-10-26(2)19(25)29-13-17(21-23-29)15-5-7-16(8-6-15)18-14-30(24-22-18)20-27(3)11-12-28(20)4/h5-8,13-14H,9-12H2,1-4H3/q+2. The summed E-state index contributed by atoms with van der Waals surface area (Å²) in [5.41, 5.74) is 3.73. The molecule has 0 N–H and O–H groups in total. The van der Waals surface area contributed by atoms with E-state index in [1.54, 1.807) is 0 Å². The van der Waals surface area contributed by atoms with Gasteiger partial charge in [-0.25, -0.2) is 0 Å². The van der Waals surface area contributed by atoms with Gasteiger partial charge in [-0.1, -0.05) is 33.6 Å². The Labute approximate surface area is 175 Å². The summed E-state index contributed by atoms with van der Waals surface area (Å²) < 4.78 is 8.05. The van der Waals surface area contributed by atoms with Gasteiger partial charge in [0.25, 0.3) is 0 Å². The van der Waals surface area contributed by atoms with E-state index in [4.69, 9.17) is 0 Å². The SMILES string of the molecule is CN1CC[N+](C)=C1n1cc(-c2ccc(-c3cn(C4=[N+](C)CCN4C)nn3)cc2)nn1. The van der Waals surface area contributed by atoms with Crippen LogP contribution < -0.4 is 0 Å². The summed E-state index contributed by atoms with van der Waals surface area (Å²) in [6.45, 7) is 3.95. The molecular formula is C20H26N10+2. The summed E-state index contributed by atoms with van der Waals surface area (Å²) in [7, 11) is 8.28. The molecule has 154 valence electrons. The van der Waals surface area contributed by atoms with Crippen molar-refractivity contribution in [2.75, 3.05) is 54.4 Å². The van der Waals surface area contributed by atoms with Gasteiger partial charge < -0.3 is 0 Å². The summed E-state index contributed by atoms with van der Waals surface area (Å²) in [5, 5.41) is 17.4. The second-order valence-corrected chi connectivity index (χ2v) is 7.96. The predicted molar refractivity (Wildman–Crippen MR) is 113 cm³/mol. The lowest BCUT2D eigenvalue weighted by Crippen LogP contribution is -2.32. The molecule has 0 bridgehead atoms. The minimum atomic E-state index is 0.844. The van der Waals surface area contributed by atoms with Gasteiger partial charge in [-0.3, -0.25) is 19.0 Å². The molecule has 4 heterocycles. The zero-order chi connectivity index (χ0) is 20.8. The first-order chi connectivity index (χ1) is 14.5. The van der Waals surface area contributed by atoms with Crippen LogP contribution in [-0.2, 0) is 0 Å². The maximum atomic E-state index is 4.37. The summed E-state index contributed by atoms with van der Waals surface area (Å²) in [6, 6.07) is 8.21. The van der Waals surface area contributed by atoms with E-state index in [2.05, 4.69) is 92.0 Å². The van der Waals surface area contributed by atoms with Gasteiger partial charge in [-0.2, -0.15) is 0 Å².